The van der Waals surface area contributed by atoms with Crippen molar-refractivity contribution in [3.8, 4) is 0 Å². The van der Waals surface area contributed by atoms with Gasteiger partial charge in [-0.15, -0.1) is 0 Å². The summed E-state index contributed by atoms with van der Waals surface area (Å²) in [7, 11) is 0. The van der Waals surface area contributed by atoms with Crippen molar-refractivity contribution in [2.75, 3.05) is 5.32 Å². The molecule has 3 rings (SSSR count). The van der Waals surface area contributed by atoms with Crippen LogP contribution < -0.4 is 5.32 Å². The Morgan fingerprint density at radius 2 is 1.86 bits per heavy atom. The summed E-state index contributed by atoms with van der Waals surface area (Å²) in [6.07, 6.45) is 6.46. The topological polar surface area (TPSA) is 29.9 Å². The summed E-state index contributed by atoms with van der Waals surface area (Å²) in [6, 6.07) is 10.6. The number of pyridine rings is 1. The molecule has 0 fully saturated rings. The van der Waals surface area contributed by atoms with Gasteiger partial charge in [0.05, 0.1) is 5.52 Å². The summed E-state index contributed by atoms with van der Waals surface area (Å²) >= 11 is 0. The lowest BCUT2D eigenvalue weighted by Crippen LogP contribution is -1.99. The van der Waals surface area contributed by atoms with Crippen molar-refractivity contribution in [1.29, 1.82) is 0 Å². The van der Waals surface area contributed by atoms with Crippen molar-refractivity contribution >= 4 is 22.4 Å². The molecule has 0 saturated heterocycles. The maximum atomic E-state index is 4.55. The monoisotopic (exact) mass is 293 g/mol. The van der Waals surface area contributed by atoms with Gasteiger partial charge in [-0.1, -0.05) is 31.5 Å². The number of nitrogens with one attached hydrogen (secondary N) is 1. The van der Waals surface area contributed by atoms with Crippen LogP contribution in [0.5, 0.6) is 0 Å². The highest BCUT2D eigenvalue weighted by molar-refractivity contribution is 5.92. The van der Waals surface area contributed by atoms with Crippen LogP contribution in [-0.4, -0.2) is 9.55 Å². The first-order chi connectivity index (χ1) is 10.7. The molecule has 3 aromatic rings. The van der Waals surface area contributed by atoms with Crippen LogP contribution in [0.2, 0.25) is 0 Å². The summed E-state index contributed by atoms with van der Waals surface area (Å²) < 4.78 is 2.32. The molecule has 0 atom stereocenters. The summed E-state index contributed by atoms with van der Waals surface area (Å²) in [5.74, 6) is 0.935. The Kier molecular flexibility index (Phi) is 4.14. The van der Waals surface area contributed by atoms with Crippen molar-refractivity contribution in [2.45, 2.75) is 40.2 Å². The van der Waals surface area contributed by atoms with Crippen molar-refractivity contribution in [2.24, 2.45) is 0 Å². The van der Waals surface area contributed by atoms with Crippen LogP contribution in [0.1, 0.15) is 30.9 Å². The van der Waals surface area contributed by atoms with Crippen LogP contribution in [0.25, 0.3) is 10.9 Å². The third kappa shape index (κ3) is 2.71. The van der Waals surface area contributed by atoms with E-state index in [2.05, 4.69) is 72.2 Å². The van der Waals surface area contributed by atoms with E-state index in [1.165, 1.54) is 34.9 Å². The minimum Gasteiger partial charge on any atom is -0.347 e. The Morgan fingerprint density at radius 3 is 2.59 bits per heavy atom. The first-order valence-corrected chi connectivity index (χ1v) is 7.97. The smallest absolute Gasteiger partial charge is 0.139 e. The highest BCUT2D eigenvalue weighted by atomic mass is 15.0. The molecular weight excluding hydrogens is 270 g/mol. The van der Waals surface area contributed by atoms with Crippen molar-refractivity contribution < 1.29 is 0 Å². The molecule has 0 bridgehead atoms. The van der Waals surface area contributed by atoms with Crippen LogP contribution in [0.4, 0.5) is 11.5 Å². The molecule has 0 spiro atoms. The third-order valence-electron chi connectivity index (χ3n) is 4.17. The van der Waals surface area contributed by atoms with Gasteiger partial charge in [0, 0.05) is 30.0 Å². The van der Waals surface area contributed by atoms with Crippen LogP contribution in [-0.2, 0) is 6.54 Å². The second-order valence-corrected chi connectivity index (χ2v) is 5.85. The molecule has 0 aliphatic heterocycles. The molecule has 0 radical (unpaired) electrons. The zero-order valence-corrected chi connectivity index (χ0v) is 13.6. The standard InChI is InChI=1S/C19H23N3/c1-4-5-12-22-13-10-16-17(22)9-11-20-19(16)21-18-14(2)7-6-8-15(18)3/h6-11,13H,4-5,12H2,1-3H3,(H,20,21). The lowest BCUT2D eigenvalue weighted by molar-refractivity contribution is 0.650. The van der Waals surface area contributed by atoms with E-state index in [1.54, 1.807) is 0 Å². The van der Waals surface area contributed by atoms with Gasteiger partial charge in [-0.3, -0.25) is 0 Å². The Balaban J connectivity index is 1.99. The molecule has 3 nitrogen and oxygen atoms in total. The molecule has 2 aromatic heterocycles. The van der Waals surface area contributed by atoms with Gasteiger partial charge in [0.1, 0.15) is 5.82 Å². The predicted molar refractivity (Wildman–Crippen MR) is 93.8 cm³/mol. The normalized spacial score (nSPS) is 11.0. The van der Waals surface area contributed by atoms with E-state index in [0.29, 0.717) is 0 Å². The highest BCUT2D eigenvalue weighted by Gasteiger charge is 2.09. The van der Waals surface area contributed by atoms with E-state index in [4.69, 9.17) is 0 Å². The number of para-hydroxylation sites is 1. The number of anilines is 2. The summed E-state index contributed by atoms with van der Waals surface area (Å²) in [5, 5.41) is 4.71. The van der Waals surface area contributed by atoms with E-state index in [0.717, 1.165) is 18.1 Å². The fraction of sp³-hybridized carbons (Fsp3) is 0.316. The number of aromatic nitrogens is 2. The molecule has 0 aliphatic carbocycles. The average molecular weight is 293 g/mol. The lowest BCUT2D eigenvalue weighted by Gasteiger charge is -2.13. The molecule has 1 aromatic carbocycles. The number of hydrogen-bond acceptors (Lipinski definition) is 2. The molecular formula is C19H23N3. The second kappa shape index (κ2) is 6.22. The maximum Gasteiger partial charge on any atom is 0.139 e. The maximum absolute atomic E-state index is 4.55. The van der Waals surface area contributed by atoms with E-state index < -0.39 is 0 Å². The second-order valence-electron chi connectivity index (χ2n) is 5.85. The van der Waals surface area contributed by atoms with Crippen molar-refractivity contribution in [3.63, 3.8) is 0 Å². The fourth-order valence-electron chi connectivity index (χ4n) is 2.88. The van der Waals surface area contributed by atoms with Crippen LogP contribution in [0, 0.1) is 13.8 Å². The Hall–Kier alpha value is -2.29. The minimum atomic E-state index is 0.935. The average Bonchev–Trinajstić information content (AvgIpc) is 2.93. The molecule has 22 heavy (non-hydrogen) atoms. The van der Waals surface area contributed by atoms with Gasteiger partial charge >= 0.3 is 0 Å². The largest absolute Gasteiger partial charge is 0.347 e. The van der Waals surface area contributed by atoms with Gasteiger partial charge in [-0.2, -0.15) is 0 Å². The molecule has 2 heterocycles. The third-order valence-corrected chi connectivity index (χ3v) is 4.17. The van der Waals surface area contributed by atoms with Crippen LogP contribution in [0.3, 0.4) is 0 Å². The van der Waals surface area contributed by atoms with Gasteiger partial charge in [0.2, 0.25) is 0 Å². The zero-order chi connectivity index (χ0) is 15.5. The predicted octanol–water partition coefficient (Wildman–Crippen LogP) is 5.20. The van der Waals surface area contributed by atoms with Crippen LogP contribution >= 0.6 is 0 Å². The summed E-state index contributed by atoms with van der Waals surface area (Å²) in [5.41, 5.74) is 4.88. The lowest BCUT2D eigenvalue weighted by atomic mass is 10.1. The van der Waals surface area contributed by atoms with Crippen molar-refractivity contribution in [3.05, 3.63) is 53.9 Å². The minimum absolute atomic E-state index is 0.935. The highest BCUT2D eigenvalue weighted by Crippen LogP contribution is 2.28. The Bertz CT molecular complexity index is 766. The van der Waals surface area contributed by atoms with Gasteiger partial charge in [-0.05, 0) is 43.5 Å². The molecule has 1 N–H and O–H groups in total. The van der Waals surface area contributed by atoms with E-state index in [9.17, 15) is 0 Å². The fourth-order valence-corrected chi connectivity index (χ4v) is 2.88. The molecule has 0 amide bonds. The molecule has 0 unspecified atom stereocenters. The SMILES string of the molecule is CCCCn1ccc2c(Nc3c(C)cccc3C)nccc21. The summed E-state index contributed by atoms with van der Waals surface area (Å²) in [6.45, 7) is 7.54. The number of aryl methyl sites for hydroxylation is 3. The molecule has 0 saturated carbocycles. The first kappa shape index (κ1) is 14.6. The number of hydrogen-bond donors (Lipinski definition) is 1. The molecule has 0 aliphatic rings. The molecule has 3 heteroatoms. The van der Waals surface area contributed by atoms with Crippen molar-refractivity contribution in [1.82, 2.24) is 9.55 Å². The Morgan fingerprint density at radius 1 is 1.09 bits per heavy atom. The van der Waals surface area contributed by atoms with E-state index in [-0.39, 0.29) is 0 Å². The van der Waals surface area contributed by atoms with Gasteiger partial charge in [0.25, 0.3) is 0 Å². The Labute approximate surface area is 132 Å². The van der Waals surface area contributed by atoms with Gasteiger partial charge < -0.3 is 9.88 Å². The number of fused-ring (bicyclic) bond motifs is 1. The van der Waals surface area contributed by atoms with Gasteiger partial charge in [-0.25, -0.2) is 4.98 Å². The first-order valence-electron chi connectivity index (χ1n) is 7.97. The van der Waals surface area contributed by atoms with Crippen LogP contribution in [0.15, 0.2) is 42.7 Å². The number of unbranched alkanes of at least 4 members (excludes halogenated alkanes) is 1. The van der Waals surface area contributed by atoms with E-state index >= 15 is 0 Å². The molecule has 114 valence electrons. The quantitative estimate of drug-likeness (QED) is 0.701. The van der Waals surface area contributed by atoms with E-state index in [1.807, 2.05) is 6.20 Å². The van der Waals surface area contributed by atoms with Gasteiger partial charge in [0.15, 0.2) is 0 Å². The number of rotatable bonds is 5. The summed E-state index contributed by atoms with van der Waals surface area (Å²) in [4.78, 5) is 4.55. The zero-order valence-electron chi connectivity index (χ0n) is 13.6. The number of nitrogens with zero attached hydrogens (tertiary/aromatic N) is 2. The number of benzene rings is 1.